The first-order valence-corrected chi connectivity index (χ1v) is 8.30. The van der Waals surface area contributed by atoms with Gasteiger partial charge in [0.05, 0.1) is 11.7 Å². The molecule has 0 bridgehead atoms. The molecular weight excluding hydrogens is 358 g/mol. The Kier molecular flexibility index (Phi) is 4.00. The van der Waals surface area contributed by atoms with Gasteiger partial charge < -0.3 is 15.2 Å². The van der Waals surface area contributed by atoms with Crippen molar-refractivity contribution in [3.63, 3.8) is 0 Å². The molecule has 4 rings (SSSR count). The Morgan fingerprint density at radius 3 is 2.96 bits per heavy atom. The third kappa shape index (κ3) is 2.97. The lowest BCUT2D eigenvalue weighted by atomic mass is 9.84. The smallest absolute Gasteiger partial charge is 0.341 e. The number of carboxylic acids is 1. The maximum absolute atomic E-state index is 12.2. The third-order valence-corrected chi connectivity index (χ3v) is 4.58. The van der Waals surface area contributed by atoms with E-state index in [-0.39, 0.29) is 18.2 Å². The van der Waals surface area contributed by atoms with E-state index >= 15 is 0 Å². The number of aromatic nitrogens is 2. The Bertz CT molecular complexity index is 1030. The summed E-state index contributed by atoms with van der Waals surface area (Å²) in [7, 11) is 0. The van der Waals surface area contributed by atoms with Crippen molar-refractivity contribution < 1.29 is 19.4 Å². The van der Waals surface area contributed by atoms with Crippen LogP contribution in [0.4, 0.5) is 5.69 Å². The Balaban J connectivity index is 1.84. The molecule has 2 heterocycles. The number of fused-ring (bicyclic) bond motifs is 2. The molecule has 7 nitrogen and oxygen atoms in total. The van der Waals surface area contributed by atoms with Gasteiger partial charge in [-0.3, -0.25) is 9.89 Å². The number of amides is 1. The van der Waals surface area contributed by atoms with Gasteiger partial charge in [-0.1, -0.05) is 11.6 Å². The summed E-state index contributed by atoms with van der Waals surface area (Å²) in [6.45, 7) is -0.471. The molecule has 0 radical (unpaired) electrons. The summed E-state index contributed by atoms with van der Waals surface area (Å²) in [5, 5.41) is 20.1. The first-order chi connectivity index (χ1) is 12.5. The zero-order valence-corrected chi connectivity index (χ0v) is 14.2. The summed E-state index contributed by atoms with van der Waals surface area (Å²) in [6, 6.07) is 8.77. The Hall–Kier alpha value is -3.06. The summed E-state index contributed by atoms with van der Waals surface area (Å²) < 4.78 is 5.42. The number of carbonyl (C=O) groups excluding carboxylic acids is 1. The average Bonchev–Trinajstić information content (AvgIpc) is 3.05. The number of rotatable bonds is 4. The standard InChI is InChI=1S/C18H14ClN3O4/c19-10-1-2-16(26-8-18(24)25)13(4-10)11-5-17(23)21-15-6-14-9(3-12(11)15)7-20-22-14/h1-4,6-7,11H,5,8H2,(H,20,22)(H,21,23)(H,24,25)/t11-/m1/s1. The molecule has 3 aromatic rings. The second-order valence-electron chi connectivity index (χ2n) is 6.07. The van der Waals surface area contributed by atoms with Crippen molar-refractivity contribution in [2.24, 2.45) is 0 Å². The van der Waals surface area contributed by atoms with Gasteiger partial charge in [0.2, 0.25) is 5.91 Å². The van der Waals surface area contributed by atoms with E-state index in [1.165, 1.54) is 0 Å². The average molecular weight is 372 g/mol. The fraction of sp³-hybridized carbons (Fsp3) is 0.167. The van der Waals surface area contributed by atoms with Crippen molar-refractivity contribution >= 4 is 40.1 Å². The Morgan fingerprint density at radius 1 is 1.31 bits per heavy atom. The zero-order valence-electron chi connectivity index (χ0n) is 13.5. The van der Waals surface area contributed by atoms with Crippen LogP contribution in [0.3, 0.4) is 0 Å². The third-order valence-electron chi connectivity index (χ3n) is 4.35. The van der Waals surface area contributed by atoms with Gasteiger partial charge in [-0.15, -0.1) is 0 Å². The lowest BCUT2D eigenvalue weighted by molar-refractivity contribution is -0.139. The van der Waals surface area contributed by atoms with Crippen LogP contribution in [-0.2, 0) is 9.59 Å². The van der Waals surface area contributed by atoms with Gasteiger partial charge in [0.15, 0.2) is 6.61 Å². The van der Waals surface area contributed by atoms with E-state index in [1.54, 1.807) is 24.4 Å². The molecule has 1 aliphatic rings. The first-order valence-electron chi connectivity index (χ1n) is 7.92. The zero-order chi connectivity index (χ0) is 18.3. The fourth-order valence-corrected chi connectivity index (χ4v) is 3.42. The fourth-order valence-electron chi connectivity index (χ4n) is 3.24. The first kappa shape index (κ1) is 16.4. The topological polar surface area (TPSA) is 104 Å². The van der Waals surface area contributed by atoms with Gasteiger partial charge in [-0.2, -0.15) is 5.10 Å². The molecule has 0 saturated heterocycles. The van der Waals surface area contributed by atoms with Crippen LogP contribution in [-0.4, -0.2) is 33.8 Å². The molecule has 1 amide bonds. The van der Waals surface area contributed by atoms with Gasteiger partial charge in [0, 0.05) is 34.0 Å². The second kappa shape index (κ2) is 6.34. The van der Waals surface area contributed by atoms with Crippen molar-refractivity contribution in [3.8, 4) is 5.75 Å². The van der Waals surface area contributed by atoms with Gasteiger partial charge >= 0.3 is 5.97 Å². The molecule has 8 heteroatoms. The molecular formula is C18H14ClN3O4. The number of benzene rings is 2. The van der Waals surface area contributed by atoms with Crippen LogP contribution in [0.15, 0.2) is 36.5 Å². The Labute approximate surface area is 152 Å². The summed E-state index contributed by atoms with van der Waals surface area (Å²) in [5.41, 5.74) is 3.09. The molecule has 26 heavy (non-hydrogen) atoms. The number of carbonyl (C=O) groups is 2. The summed E-state index contributed by atoms with van der Waals surface area (Å²) in [5.74, 6) is -1.12. The summed E-state index contributed by atoms with van der Waals surface area (Å²) >= 11 is 6.15. The summed E-state index contributed by atoms with van der Waals surface area (Å²) in [4.78, 5) is 23.1. The number of halogens is 1. The van der Waals surface area contributed by atoms with Gasteiger partial charge in [0.25, 0.3) is 0 Å². The van der Waals surface area contributed by atoms with Crippen LogP contribution >= 0.6 is 11.6 Å². The predicted octanol–water partition coefficient (Wildman–Crippen LogP) is 3.15. The van der Waals surface area contributed by atoms with Crippen molar-refractivity contribution in [1.82, 2.24) is 10.2 Å². The molecule has 0 fully saturated rings. The number of nitrogens with zero attached hydrogens (tertiary/aromatic N) is 1. The largest absolute Gasteiger partial charge is 0.482 e. The lowest BCUT2D eigenvalue weighted by Crippen LogP contribution is -2.24. The van der Waals surface area contributed by atoms with Crippen LogP contribution in [0.25, 0.3) is 10.9 Å². The van der Waals surface area contributed by atoms with E-state index in [9.17, 15) is 9.59 Å². The quantitative estimate of drug-likeness (QED) is 0.653. The Morgan fingerprint density at radius 2 is 2.15 bits per heavy atom. The highest BCUT2D eigenvalue weighted by molar-refractivity contribution is 6.30. The molecule has 132 valence electrons. The molecule has 1 aliphatic heterocycles. The maximum Gasteiger partial charge on any atom is 0.341 e. The molecule has 0 spiro atoms. The van der Waals surface area contributed by atoms with Crippen molar-refractivity contribution in [3.05, 3.63) is 52.7 Å². The highest BCUT2D eigenvalue weighted by Gasteiger charge is 2.29. The number of ether oxygens (including phenoxy) is 1. The number of H-pyrrole nitrogens is 1. The van der Waals surface area contributed by atoms with Crippen molar-refractivity contribution in [2.45, 2.75) is 12.3 Å². The minimum atomic E-state index is -1.08. The van der Waals surface area contributed by atoms with Gasteiger partial charge in [-0.25, -0.2) is 4.79 Å². The number of aromatic amines is 1. The molecule has 0 saturated carbocycles. The van der Waals surface area contributed by atoms with E-state index in [2.05, 4.69) is 15.5 Å². The number of anilines is 1. The van der Waals surface area contributed by atoms with Crippen LogP contribution < -0.4 is 10.1 Å². The van der Waals surface area contributed by atoms with Gasteiger partial charge in [-0.05, 0) is 35.9 Å². The van der Waals surface area contributed by atoms with Gasteiger partial charge in [0.1, 0.15) is 5.75 Å². The van der Waals surface area contributed by atoms with Crippen LogP contribution in [0.5, 0.6) is 5.75 Å². The SMILES string of the molecule is O=C(O)COc1ccc(Cl)cc1[C@@H]1CC(=O)Nc2cc3[nH]ncc3cc21. The highest BCUT2D eigenvalue weighted by atomic mass is 35.5. The lowest BCUT2D eigenvalue weighted by Gasteiger charge is -2.27. The maximum atomic E-state index is 12.2. The van der Waals surface area contributed by atoms with Crippen LogP contribution in [0, 0.1) is 0 Å². The van der Waals surface area contributed by atoms with Crippen LogP contribution in [0.2, 0.25) is 5.02 Å². The molecule has 1 aromatic heterocycles. The minimum absolute atomic E-state index is 0.134. The number of nitrogens with one attached hydrogen (secondary N) is 2. The normalized spacial score (nSPS) is 16.2. The van der Waals surface area contributed by atoms with E-state index in [4.69, 9.17) is 21.4 Å². The van der Waals surface area contributed by atoms with E-state index in [1.807, 2.05) is 12.1 Å². The number of hydrogen-bond donors (Lipinski definition) is 3. The van der Waals surface area contributed by atoms with Crippen molar-refractivity contribution in [2.75, 3.05) is 11.9 Å². The minimum Gasteiger partial charge on any atom is -0.482 e. The molecule has 0 unspecified atom stereocenters. The predicted molar refractivity (Wildman–Crippen MR) is 95.8 cm³/mol. The van der Waals surface area contributed by atoms with E-state index in [0.717, 1.165) is 16.5 Å². The number of hydrogen-bond acceptors (Lipinski definition) is 4. The summed E-state index contributed by atoms with van der Waals surface area (Å²) in [6.07, 6.45) is 1.92. The molecule has 3 N–H and O–H groups in total. The molecule has 2 aromatic carbocycles. The van der Waals surface area contributed by atoms with E-state index < -0.39 is 12.6 Å². The van der Waals surface area contributed by atoms with Crippen LogP contribution in [0.1, 0.15) is 23.5 Å². The van der Waals surface area contributed by atoms with Crippen molar-refractivity contribution in [1.29, 1.82) is 0 Å². The highest BCUT2D eigenvalue weighted by Crippen LogP contribution is 2.42. The molecule has 0 aliphatic carbocycles. The molecule has 1 atom stereocenters. The monoisotopic (exact) mass is 371 g/mol. The van der Waals surface area contributed by atoms with E-state index in [0.29, 0.717) is 22.0 Å². The number of carboxylic acid groups (broad SMARTS) is 1. The second-order valence-corrected chi connectivity index (χ2v) is 6.50. The number of aliphatic carboxylic acids is 1.